The topological polar surface area (TPSA) is 75.2 Å². The van der Waals surface area contributed by atoms with Crippen LogP contribution in [0.3, 0.4) is 0 Å². The Morgan fingerprint density at radius 3 is 2.39 bits per heavy atom. The molecule has 2 aromatic rings. The molecule has 1 aromatic carbocycles. The minimum atomic E-state index is -0.557. The number of benzene rings is 1. The minimum absolute atomic E-state index is 0.0137. The van der Waals surface area contributed by atoms with E-state index in [9.17, 15) is 14.4 Å². The highest BCUT2D eigenvalue weighted by Crippen LogP contribution is 2.55. The van der Waals surface area contributed by atoms with E-state index in [2.05, 4.69) is 20.8 Å². The van der Waals surface area contributed by atoms with Crippen molar-refractivity contribution in [2.75, 3.05) is 20.1 Å². The van der Waals surface area contributed by atoms with Gasteiger partial charge in [0.2, 0.25) is 5.91 Å². The minimum Gasteiger partial charge on any atom is -0.362 e. The fourth-order valence-corrected chi connectivity index (χ4v) is 7.13. The molecule has 0 spiro atoms. The second kappa shape index (κ2) is 11.4. The van der Waals surface area contributed by atoms with Gasteiger partial charge in [-0.25, -0.2) is 0 Å². The Bertz CT molecular complexity index is 1330. The van der Waals surface area contributed by atoms with Crippen LogP contribution in [0.5, 0.6) is 0 Å². The van der Waals surface area contributed by atoms with Crippen LogP contribution in [-0.4, -0.2) is 64.1 Å². The molecule has 3 heterocycles. The van der Waals surface area contributed by atoms with E-state index in [0.717, 1.165) is 12.0 Å². The number of epoxide rings is 1. The van der Waals surface area contributed by atoms with Gasteiger partial charge >= 0.3 is 0 Å². The number of nitrogens with zero attached hydrogens (tertiary/aromatic N) is 3. The summed E-state index contributed by atoms with van der Waals surface area (Å²) in [6.07, 6.45) is 8.94. The molecule has 3 aliphatic rings. The van der Waals surface area contributed by atoms with Crippen molar-refractivity contribution in [2.45, 2.75) is 97.4 Å². The van der Waals surface area contributed by atoms with Gasteiger partial charge in [-0.1, -0.05) is 83.2 Å². The lowest BCUT2D eigenvalue weighted by Gasteiger charge is -2.42. The van der Waals surface area contributed by atoms with Gasteiger partial charge in [-0.3, -0.25) is 14.4 Å². The monoisotopic (exact) mass is 561 g/mol. The zero-order valence-electron chi connectivity index (χ0n) is 25.7. The maximum Gasteiger partial charge on any atom is 0.255 e. The molecule has 0 radical (unpaired) electrons. The highest BCUT2D eigenvalue weighted by Gasteiger charge is 2.69. The number of aromatic nitrogens is 1. The molecule has 2 saturated heterocycles. The number of fused-ring (bicyclic) bond motifs is 1. The number of rotatable bonds is 8. The number of carbonyl (C=O) groups is 2. The maximum absolute atomic E-state index is 13.6. The Kier molecular flexibility index (Phi) is 8.21. The predicted molar refractivity (Wildman–Crippen MR) is 162 cm³/mol. The number of carbonyl (C=O) groups excluding carboxylic acids is 2. The molecule has 0 bridgehead atoms. The van der Waals surface area contributed by atoms with Crippen LogP contribution in [0.1, 0.15) is 83.5 Å². The second-order valence-electron chi connectivity index (χ2n) is 13.7. The molecule has 3 atom stereocenters. The third-order valence-electron chi connectivity index (χ3n) is 10.0. The summed E-state index contributed by atoms with van der Waals surface area (Å²) in [6, 6.07) is 11.2. The lowest BCUT2D eigenvalue weighted by atomic mass is 9.72. The Balaban J connectivity index is 1.38. The molecule has 2 unspecified atom stereocenters. The van der Waals surface area contributed by atoms with Crippen molar-refractivity contribution < 1.29 is 14.3 Å². The predicted octanol–water partition coefficient (Wildman–Crippen LogP) is 5.61. The SMILES string of the molecule is CC(C)N(C)C(=O)c1cn(CC23OC2CN(C(=O)[C@H](C)CC2CCCCC2)CC3(C)C)c(=O)cc1-c1ccccc1. The van der Waals surface area contributed by atoms with E-state index in [4.69, 9.17) is 4.74 Å². The first kappa shape index (κ1) is 29.6. The third kappa shape index (κ3) is 5.75. The maximum atomic E-state index is 13.6. The van der Waals surface area contributed by atoms with Gasteiger partial charge in [0.25, 0.3) is 11.5 Å². The van der Waals surface area contributed by atoms with Crippen LogP contribution in [0.15, 0.2) is 47.4 Å². The highest BCUT2D eigenvalue weighted by molar-refractivity contribution is 6.00. The van der Waals surface area contributed by atoms with Crippen LogP contribution in [0.25, 0.3) is 11.1 Å². The number of hydrogen-bond donors (Lipinski definition) is 0. The summed E-state index contributed by atoms with van der Waals surface area (Å²) in [5.74, 6) is 0.778. The van der Waals surface area contributed by atoms with E-state index < -0.39 is 5.60 Å². The summed E-state index contributed by atoms with van der Waals surface area (Å²) in [7, 11) is 1.79. The van der Waals surface area contributed by atoms with Gasteiger partial charge in [0.15, 0.2) is 0 Å². The standard InChI is InChI=1S/C34H47N3O4/c1-23(2)35(6)32(40)28-19-36(30(38)18-27(28)26-15-11-8-12-16-26)22-34-29(41-34)20-37(21-33(34,4)5)31(39)24(3)17-25-13-9-7-10-14-25/h8,11-12,15-16,18-19,23-25,29H,7,9-10,13-14,17,20-22H2,1-6H3/t24-,29?,34?/m1/s1. The molecule has 3 fully saturated rings. The van der Waals surface area contributed by atoms with Crippen LogP contribution in [0.2, 0.25) is 0 Å². The van der Waals surface area contributed by atoms with Crippen molar-refractivity contribution >= 4 is 11.8 Å². The molecule has 7 heteroatoms. The van der Waals surface area contributed by atoms with Gasteiger partial charge in [0.05, 0.1) is 12.1 Å². The summed E-state index contributed by atoms with van der Waals surface area (Å²) in [5, 5.41) is 0. The summed E-state index contributed by atoms with van der Waals surface area (Å²) >= 11 is 0. The van der Waals surface area contributed by atoms with Gasteiger partial charge in [-0.15, -0.1) is 0 Å². The van der Waals surface area contributed by atoms with E-state index in [1.165, 1.54) is 32.1 Å². The molecule has 41 heavy (non-hydrogen) atoms. The molecule has 1 saturated carbocycles. The summed E-state index contributed by atoms with van der Waals surface area (Å²) in [6.45, 7) is 11.8. The van der Waals surface area contributed by atoms with Crippen molar-refractivity contribution in [3.8, 4) is 11.1 Å². The van der Waals surface area contributed by atoms with Crippen molar-refractivity contribution in [2.24, 2.45) is 17.3 Å². The molecule has 7 nitrogen and oxygen atoms in total. The zero-order valence-corrected chi connectivity index (χ0v) is 25.7. The van der Waals surface area contributed by atoms with Gasteiger partial charge in [-0.05, 0) is 31.7 Å². The Morgan fingerprint density at radius 1 is 1.07 bits per heavy atom. The van der Waals surface area contributed by atoms with Crippen LogP contribution in [0, 0.1) is 17.3 Å². The molecule has 222 valence electrons. The van der Waals surface area contributed by atoms with Crippen molar-refractivity contribution in [1.29, 1.82) is 0 Å². The number of amides is 2. The largest absolute Gasteiger partial charge is 0.362 e. The highest BCUT2D eigenvalue weighted by atomic mass is 16.6. The average molecular weight is 562 g/mol. The van der Waals surface area contributed by atoms with Crippen LogP contribution in [0.4, 0.5) is 0 Å². The van der Waals surface area contributed by atoms with Gasteiger partial charge in [0.1, 0.15) is 11.7 Å². The van der Waals surface area contributed by atoms with Crippen LogP contribution in [-0.2, 0) is 16.1 Å². The lowest BCUT2D eigenvalue weighted by molar-refractivity contribution is -0.138. The number of piperidine rings is 1. The quantitative estimate of drug-likeness (QED) is 0.393. The van der Waals surface area contributed by atoms with Crippen molar-refractivity contribution in [1.82, 2.24) is 14.4 Å². The molecular weight excluding hydrogens is 514 g/mol. The Labute approximate surface area is 244 Å². The van der Waals surface area contributed by atoms with Gasteiger partial charge in [0, 0.05) is 55.3 Å². The normalized spacial score (nSPS) is 24.6. The summed E-state index contributed by atoms with van der Waals surface area (Å²) in [5.41, 5.74) is 0.909. The van der Waals surface area contributed by atoms with Crippen LogP contribution >= 0.6 is 0 Å². The first-order chi connectivity index (χ1) is 19.4. The molecular formula is C34H47N3O4. The van der Waals surface area contributed by atoms with E-state index in [0.29, 0.717) is 36.7 Å². The second-order valence-corrected chi connectivity index (χ2v) is 13.7. The third-order valence-corrected chi connectivity index (χ3v) is 10.0. The Hall–Kier alpha value is -2.93. The molecule has 1 aliphatic carbocycles. The Morgan fingerprint density at radius 2 is 1.76 bits per heavy atom. The van der Waals surface area contributed by atoms with E-state index in [1.807, 2.05) is 49.1 Å². The molecule has 2 amide bonds. The number of pyridine rings is 1. The van der Waals surface area contributed by atoms with E-state index in [1.54, 1.807) is 28.8 Å². The molecule has 1 aromatic heterocycles. The van der Waals surface area contributed by atoms with E-state index in [-0.39, 0.29) is 40.9 Å². The van der Waals surface area contributed by atoms with Crippen molar-refractivity contribution in [3.05, 3.63) is 58.5 Å². The summed E-state index contributed by atoms with van der Waals surface area (Å²) in [4.78, 5) is 44.3. The average Bonchev–Trinajstić information content (AvgIpc) is 3.68. The van der Waals surface area contributed by atoms with Gasteiger partial charge < -0.3 is 19.1 Å². The molecule has 5 rings (SSSR count). The number of likely N-dealkylation sites (tertiary alicyclic amines) is 1. The zero-order chi connectivity index (χ0) is 29.5. The molecule has 0 N–H and O–H groups in total. The van der Waals surface area contributed by atoms with E-state index >= 15 is 0 Å². The smallest absolute Gasteiger partial charge is 0.255 e. The fraction of sp³-hybridized carbons (Fsp3) is 0.618. The lowest BCUT2D eigenvalue weighted by Crippen LogP contribution is -2.56. The molecule has 2 aliphatic heterocycles. The number of hydrogen-bond acceptors (Lipinski definition) is 4. The first-order valence-electron chi connectivity index (χ1n) is 15.5. The van der Waals surface area contributed by atoms with Gasteiger partial charge in [-0.2, -0.15) is 0 Å². The van der Waals surface area contributed by atoms with Crippen LogP contribution < -0.4 is 5.56 Å². The summed E-state index contributed by atoms with van der Waals surface area (Å²) < 4.78 is 8.05. The number of ether oxygens (including phenoxy) is 1. The van der Waals surface area contributed by atoms with Crippen molar-refractivity contribution in [3.63, 3.8) is 0 Å². The first-order valence-corrected chi connectivity index (χ1v) is 15.5. The fourth-order valence-electron chi connectivity index (χ4n) is 7.13.